The van der Waals surface area contributed by atoms with E-state index in [0.717, 1.165) is 16.6 Å². The third-order valence-electron chi connectivity index (χ3n) is 3.47. The third kappa shape index (κ3) is 2.34. The van der Waals surface area contributed by atoms with Crippen molar-refractivity contribution in [2.24, 2.45) is 0 Å². The summed E-state index contributed by atoms with van der Waals surface area (Å²) in [5.74, 6) is 0. The molecule has 0 radical (unpaired) electrons. The van der Waals surface area contributed by atoms with Crippen LogP contribution in [0.2, 0.25) is 0 Å². The van der Waals surface area contributed by atoms with Gasteiger partial charge in [0.1, 0.15) is 0 Å². The molecule has 0 aliphatic carbocycles. The van der Waals surface area contributed by atoms with Gasteiger partial charge in [-0.1, -0.05) is 24.3 Å². The van der Waals surface area contributed by atoms with Crippen molar-refractivity contribution in [2.75, 3.05) is 14.1 Å². The van der Waals surface area contributed by atoms with E-state index in [9.17, 15) is 8.42 Å². The summed E-state index contributed by atoms with van der Waals surface area (Å²) in [6, 6.07) is 17.0. The maximum atomic E-state index is 12.2. The van der Waals surface area contributed by atoms with E-state index in [1.165, 1.54) is 18.4 Å². The largest absolute Gasteiger partial charge is 0.317 e. The van der Waals surface area contributed by atoms with Gasteiger partial charge in [0.15, 0.2) is 0 Å². The second kappa shape index (κ2) is 5.02. The van der Waals surface area contributed by atoms with E-state index in [2.05, 4.69) is 0 Å². The number of hydrogen-bond donors (Lipinski definition) is 0. The predicted molar refractivity (Wildman–Crippen MR) is 84.1 cm³/mol. The lowest BCUT2D eigenvalue weighted by Crippen LogP contribution is -2.22. The van der Waals surface area contributed by atoms with Crippen LogP contribution < -0.4 is 0 Å². The molecular formula is C16H16N2O2S. The Bertz CT molecular complexity index is 895. The number of sulfonamides is 1. The number of fused-ring (bicyclic) bond motifs is 1. The molecule has 1 heterocycles. The minimum atomic E-state index is -3.42. The van der Waals surface area contributed by atoms with E-state index in [-0.39, 0.29) is 0 Å². The molecule has 0 N–H and O–H groups in total. The lowest BCUT2D eigenvalue weighted by Gasteiger charge is -2.13. The van der Waals surface area contributed by atoms with E-state index >= 15 is 0 Å². The summed E-state index contributed by atoms with van der Waals surface area (Å²) in [5, 5.41) is 1.12. The zero-order chi connectivity index (χ0) is 15.0. The van der Waals surface area contributed by atoms with Gasteiger partial charge >= 0.3 is 0 Å². The predicted octanol–water partition coefficient (Wildman–Crippen LogP) is 2.88. The summed E-state index contributed by atoms with van der Waals surface area (Å²) in [6.07, 6.45) is 1.95. The van der Waals surface area contributed by atoms with Crippen LogP contribution in [0.3, 0.4) is 0 Å². The Balaban J connectivity index is 2.17. The molecule has 4 nitrogen and oxygen atoms in total. The zero-order valence-electron chi connectivity index (χ0n) is 11.9. The fraction of sp³-hybridized carbons (Fsp3) is 0.125. The highest BCUT2D eigenvalue weighted by molar-refractivity contribution is 7.89. The molecule has 21 heavy (non-hydrogen) atoms. The second-order valence-electron chi connectivity index (χ2n) is 5.03. The van der Waals surface area contributed by atoms with Crippen LogP contribution in [0.15, 0.2) is 65.7 Å². The summed E-state index contributed by atoms with van der Waals surface area (Å²) in [5.41, 5.74) is 1.89. The fourth-order valence-corrected chi connectivity index (χ4v) is 3.25. The maximum absolute atomic E-state index is 12.2. The number of aromatic nitrogens is 1. The molecule has 3 aromatic rings. The molecule has 0 fully saturated rings. The van der Waals surface area contributed by atoms with Gasteiger partial charge in [-0.25, -0.2) is 12.7 Å². The van der Waals surface area contributed by atoms with Gasteiger partial charge in [-0.2, -0.15) is 0 Å². The standard InChI is InChI=1S/C16H16N2O2S/c1-17(2)21(19,20)15-8-5-7-14(12-15)18-11-10-13-6-3-4-9-16(13)18/h3-12H,1-2H3. The molecule has 0 amide bonds. The smallest absolute Gasteiger partial charge is 0.242 e. The molecule has 0 aliphatic rings. The number of nitrogens with zero attached hydrogens (tertiary/aromatic N) is 2. The molecule has 0 bridgehead atoms. The van der Waals surface area contributed by atoms with Crippen LogP contribution in [0.4, 0.5) is 0 Å². The SMILES string of the molecule is CN(C)S(=O)(=O)c1cccc(-n2ccc3ccccc32)c1. The Labute approximate surface area is 124 Å². The molecule has 0 saturated carbocycles. The first kappa shape index (κ1) is 13.9. The van der Waals surface area contributed by atoms with Crippen LogP contribution in [-0.2, 0) is 10.0 Å². The van der Waals surface area contributed by atoms with Crippen LogP contribution >= 0.6 is 0 Å². The Morgan fingerprint density at radius 2 is 1.71 bits per heavy atom. The van der Waals surface area contributed by atoms with Crippen LogP contribution in [0.1, 0.15) is 0 Å². The quantitative estimate of drug-likeness (QED) is 0.746. The average molecular weight is 300 g/mol. The Kier molecular flexibility index (Phi) is 3.31. The highest BCUT2D eigenvalue weighted by atomic mass is 32.2. The molecule has 5 heteroatoms. The van der Waals surface area contributed by atoms with Crippen LogP contribution in [0, 0.1) is 0 Å². The van der Waals surface area contributed by atoms with E-state index in [1.54, 1.807) is 18.2 Å². The van der Waals surface area contributed by atoms with E-state index in [0.29, 0.717) is 4.90 Å². The summed E-state index contributed by atoms with van der Waals surface area (Å²) in [4.78, 5) is 0.294. The van der Waals surface area contributed by atoms with Crippen LogP contribution in [0.25, 0.3) is 16.6 Å². The fourth-order valence-electron chi connectivity index (χ4n) is 2.31. The molecule has 0 atom stereocenters. The van der Waals surface area contributed by atoms with Crippen molar-refractivity contribution in [1.82, 2.24) is 8.87 Å². The van der Waals surface area contributed by atoms with Gasteiger partial charge < -0.3 is 4.57 Å². The molecular weight excluding hydrogens is 284 g/mol. The number of hydrogen-bond acceptors (Lipinski definition) is 2. The van der Waals surface area contributed by atoms with Crippen molar-refractivity contribution in [3.8, 4) is 5.69 Å². The Morgan fingerprint density at radius 3 is 2.48 bits per heavy atom. The number of para-hydroxylation sites is 1. The minimum absolute atomic E-state index is 0.294. The average Bonchev–Trinajstić information content (AvgIpc) is 2.91. The first-order chi connectivity index (χ1) is 10.00. The van der Waals surface area contributed by atoms with Crippen LogP contribution in [-0.4, -0.2) is 31.4 Å². The van der Waals surface area contributed by atoms with Gasteiger partial charge in [0, 0.05) is 26.0 Å². The molecule has 1 aromatic heterocycles. The monoisotopic (exact) mass is 300 g/mol. The van der Waals surface area contributed by atoms with Crippen molar-refractivity contribution >= 4 is 20.9 Å². The zero-order valence-corrected chi connectivity index (χ0v) is 12.7. The van der Waals surface area contributed by atoms with Crippen molar-refractivity contribution in [2.45, 2.75) is 4.90 Å². The molecule has 0 saturated heterocycles. The highest BCUT2D eigenvalue weighted by Crippen LogP contribution is 2.23. The van der Waals surface area contributed by atoms with E-state index < -0.39 is 10.0 Å². The van der Waals surface area contributed by atoms with E-state index in [1.807, 2.05) is 47.2 Å². The van der Waals surface area contributed by atoms with Crippen molar-refractivity contribution < 1.29 is 8.42 Å². The molecule has 0 spiro atoms. The molecule has 0 aliphatic heterocycles. The molecule has 0 unspecified atom stereocenters. The first-order valence-electron chi connectivity index (χ1n) is 6.59. The van der Waals surface area contributed by atoms with Gasteiger partial charge in [0.2, 0.25) is 10.0 Å². The third-order valence-corrected chi connectivity index (χ3v) is 5.28. The first-order valence-corrected chi connectivity index (χ1v) is 8.03. The minimum Gasteiger partial charge on any atom is -0.317 e. The summed E-state index contributed by atoms with van der Waals surface area (Å²) < 4.78 is 27.7. The Morgan fingerprint density at radius 1 is 0.952 bits per heavy atom. The second-order valence-corrected chi connectivity index (χ2v) is 7.18. The summed E-state index contributed by atoms with van der Waals surface area (Å²) in [7, 11) is -0.354. The summed E-state index contributed by atoms with van der Waals surface area (Å²) in [6.45, 7) is 0. The number of benzene rings is 2. The van der Waals surface area contributed by atoms with Gasteiger partial charge in [-0.05, 0) is 35.7 Å². The lowest BCUT2D eigenvalue weighted by molar-refractivity contribution is 0.520. The van der Waals surface area contributed by atoms with Crippen LogP contribution in [0.5, 0.6) is 0 Å². The normalized spacial score (nSPS) is 12.1. The summed E-state index contributed by atoms with van der Waals surface area (Å²) >= 11 is 0. The topological polar surface area (TPSA) is 42.3 Å². The Hall–Kier alpha value is -2.11. The van der Waals surface area contributed by atoms with Gasteiger partial charge in [0.25, 0.3) is 0 Å². The molecule has 2 aromatic carbocycles. The lowest BCUT2D eigenvalue weighted by atomic mass is 10.2. The molecule has 108 valence electrons. The van der Waals surface area contributed by atoms with Gasteiger partial charge in [-0.3, -0.25) is 0 Å². The van der Waals surface area contributed by atoms with E-state index in [4.69, 9.17) is 0 Å². The van der Waals surface area contributed by atoms with Crippen molar-refractivity contribution in [3.05, 3.63) is 60.8 Å². The maximum Gasteiger partial charge on any atom is 0.242 e. The highest BCUT2D eigenvalue weighted by Gasteiger charge is 2.17. The van der Waals surface area contributed by atoms with Crippen molar-refractivity contribution in [1.29, 1.82) is 0 Å². The molecule has 3 rings (SSSR count). The number of rotatable bonds is 3. The van der Waals surface area contributed by atoms with Crippen molar-refractivity contribution in [3.63, 3.8) is 0 Å². The van der Waals surface area contributed by atoms with Gasteiger partial charge in [0.05, 0.1) is 10.4 Å². The van der Waals surface area contributed by atoms with Gasteiger partial charge in [-0.15, -0.1) is 0 Å².